The summed E-state index contributed by atoms with van der Waals surface area (Å²) in [7, 11) is 1.63. The molecule has 3 rings (SSSR count). The summed E-state index contributed by atoms with van der Waals surface area (Å²) in [6.07, 6.45) is 0.433. The Morgan fingerprint density at radius 3 is 2.41 bits per heavy atom. The van der Waals surface area contributed by atoms with Crippen molar-refractivity contribution in [2.45, 2.75) is 12.3 Å². The van der Waals surface area contributed by atoms with Gasteiger partial charge in [0.25, 0.3) is 0 Å². The number of rotatable bonds is 7. The molecule has 0 saturated carbocycles. The molecule has 0 bridgehead atoms. The van der Waals surface area contributed by atoms with E-state index in [9.17, 15) is 9.18 Å². The van der Waals surface area contributed by atoms with Crippen molar-refractivity contribution in [3.8, 4) is 0 Å². The standard InChI is InChI=1S/C24H23Cl2FN4O/c1-30-23(14-2-5-16(27)6-3-14)19-13-17(7-9-22(19)29)31-24(32)18(10-11-28)15-4-8-20(25)21(26)12-15/h2-9,12-13,18H,10-11,28-29H2,1H3,(H,31,32). The van der Waals surface area contributed by atoms with Gasteiger partial charge in [-0.05, 0) is 73.1 Å². The summed E-state index contributed by atoms with van der Waals surface area (Å²) in [6.45, 7) is 0.322. The lowest BCUT2D eigenvalue weighted by molar-refractivity contribution is -0.117. The van der Waals surface area contributed by atoms with E-state index in [0.717, 1.165) is 5.56 Å². The van der Waals surface area contributed by atoms with Crippen molar-refractivity contribution in [1.82, 2.24) is 0 Å². The molecule has 0 aliphatic carbocycles. The fourth-order valence-corrected chi connectivity index (χ4v) is 3.73. The molecule has 5 N–H and O–H groups in total. The third-order valence-electron chi connectivity index (χ3n) is 5.04. The summed E-state index contributed by atoms with van der Waals surface area (Å²) in [4.78, 5) is 17.4. The number of halogens is 3. The van der Waals surface area contributed by atoms with Crippen LogP contribution in [0, 0.1) is 5.82 Å². The highest BCUT2D eigenvalue weighted by molar-refractivity contribution is 6.42. The number of anilines is 2. The van der Waals surface area contributed by atoms with Gasteiger partial charge in [-0.25, -0.2) is 4.39 Å². The Hall–Kier alpha value is -2.93. The molecule has 32 heavy (non-hydrogen) atoms. The summed E-state index contributed by atoms with van der Waals surface area (Å²) in [5, 5.41) is 3.71. The Labute approximate surface area is 196 Å². The van der Waals surface area contributed by atoms with Crippen LogP contribution < -0.4 is 16.8 Å². The van der Waals surface area contributed by atoms with E-state index in [-0.39, 0.29) is 11.7 Å². The average molecular weight is 473 g/mol. The van der Waals surface area contributed by atoms with Crippen molar-refractivity contribution < 1.29 is 9.18 Å². The summed E-state index contributed by atoms with van der Waals surface area (Å²) in [5.74, 6) is -1.08. The van der Waals surface area contributed by atoms with Crippen LogP contribution in [0.3, 0.4) is 0 Å². The number of carbonyl (C=O) groups excluding carboxylic acids is 1. The summed E-state index contributed by atoms with van der Waals surface area (Å²) >= 11 is 12.1. The predicted octanol–water partition coefficient (Wildman–Crippen LogP) is 5.25. The van der Waals surface area contributed by atoms with Crippen LogP contribution >= 0.6 is 23.2 Å². The molecule has 0 heterocycles. The number of aliphatic imine (C=N–C) groups is 1. The smallest absolute Gasteiger partial charge is 0.231 e. The maximum atomic E-state index is 13.3. The Balaban J connectivity index is 1.90. The van der Waals surface area contributed by atoms with E-state index < -0.39 is 5.92 Å². The van der Waals surface area contributed by atoms with E-state index in [1.807, 2.05) is 0 Å². The van der Waals surface area contributed by atoms with Gasteiger partial charge in [0.2, 0.25) is 5.91 Å². The minimum absolute atomic E-state index is 0.235. The van der Waals surface area contributed by atoms with Gasteiger partial charge in [-0.2, -0.15) is 0 Å². The van der Waals surface area contributed by atoms with Crippen molar-refractivity contribution >= 4 is 46.2 Å². The molecule has 0 spiro atoms. The molecule has 1 atom stereocenters. The lowest BCUT2D eigenvalue weighted by Gasteiger charge is -2.18. The van der Waals surface area contributed by atoms with Gasteiger partial charge in [-0.3, -0.25) is 9.79 Å². The maximum Gasteiger partial charge on any atom is 0.231 e. The van der Waals surface area contributed by atoms with Crippen LogP contribution in [0.15, 0.2) is 65.7 Å². The van der Waals surface area contributed by atoms with Gasteiger partial charge < -0.3 is 16.8 Å². The number of nitrogens with zero attached hydrogens (tertiary/aromatic N) is 1. The zero-order valence-corrected chi connectivity index (χ0v) is 18.9. The molecule has 1 unspecified atom stereocenters. The van der Waals surface area contributed by atoms with Crippen molar-refractivity contribution in [3.63, 3.8) is 0 Å². The molecule has 5 nitrogen and oxygen atoms in total. The Morgan fingerprint density at radius 2 is 1.78 bits per heavy atom. The first kappa shape index (κ1) is 23.7. The van der Waals surface area contributed by atoms with Gasteiger partial charge in [0, 0.05) is 29.5 Å². The number of nitrogens with two attached hydrogens (primary N) is 2. The maximum absolute atomic E-state index is 13.3. The Bertz CT molecular complexity index is 1150. The molecule has 0 fully saturated rings. The van der Waals surface area contributed by atoms with E-state index in [1.54, 1.807) is 55.6 Å². The molecule has 0 aliphatic heterocycles. The molecule has 0 saturated heterocycles. The molecule has 1 amide bonds. The number of nitrogen functional groups attached to an aromatic ring is 1. The van der Waals surface area contributed by atoms with E-state index in [0.29, 0.717) is 51.2 Å². The lowest BCUT2D eigenvalue weighted by atomic mass is 9.94. The Morgan fingerprint density at radius 1 is 1.06 bits per heavy atom. The number of nitrogens with one attached hydrogen (secondary N) is 1. The first-order valence-electron chi connectivity index (χ1n) is 9.92. The highest BCUT2D eigenvalue weighted by Gasteiger charge is 2.21. The molecule has 166 valence electrons. The van der Waals surface area contributed by atoms with Gasteiger partial charge in [-0.1, -0.05) is 29.3 Å². The molecule has 3 aromatic rings. The van der Waals surface area contributed by atoms with E-state index in [4.69, 9.17) is 34.7 Å². The monoisotopic (exact) mass is 472 g/mol. The van der Waals surface area contributed by atoms with Crippen LogP contribution in [0.1, 0.15) is 29.0 Å². The van der Waals surface area contributed by atoms with Gasteiger partial charge in [0.1, 0.15) is 5.82 Å². The minimum Gasteiger partial charge on any atom is -0.398 e. The van der Waals surface area contributed by atoms with Crippen LogP contribution in [0.2, 0.25) is 10.0 Å². The second-order valence-corrected chi connectivity index (χ2v) is 7.99. The largest absolute Gasteiger partial charge is 0.398 e. The average Bonchev–Trinajstić information content (AvgIpc) is 2.78. The third kappa shape index (κ3) is 5.46. The van der Waals surface area contributed by atoms with Crippen LogP contribution in [-0.2, 0) is 4.79 Å². The number of hydrogen-bond donors (Lipinski definition) is 3. The second kappa shape index (κ2) is 10.6. The summed E-state index contributed by atoms with van der Waals surface area (Å²) in [5.41, 5.74) is 15.6. The van der Waals surface area contributed by atoms with Crippen molar-refractivity contribution in [2.75, 3.05) is 24.6 Å². The molecular formula is C24H23Cl2FN4O. The third-order valence-corrected chi connectivity index (χ3v) is 5.77. The fraction of sp³-hybridized carbons (Fsp3) is 0.167. The first-order valence-corrected chi connectivity index (χ1v) is 10.7. The highest BCUT2D eigenvalue weighted by atomic mass is 35.5. The molecule has 0 radical (unpaired) electrons. The number of amides is 1. The van der Waals surface area contributed by atoms with Gasteiger partial charge in [-0.15, -0.1) is 0 Å². The van der Waals surface area contributed by atoms with Crippen LogP contribution in [0.5, 0.6) is 0 Å². The molecular weight excluding hydrogens is 450 g/mol. The van der Waals surface area contributed by atoms with Crippen molar-refractivity contribution in [3.05, 3.63) is 93.2 Å². The Kier molecular flexibility index (Phi) is 7.85. The normalized spacial score (nSPS) is 12.5. The van der Waals surface area contributed by atoms with Gasteiger partial charge in [0.15, 0.2) is 0 Å². The van der Waals surface area contributed by atoms with Crippen LogP contribution in [-0.4, -0.2) is 25.2 Å². The number of carbonyl (C=O) groups is 1. The van der Waals surface area contributed by atoms with E-state index >= 15 is 0 Å². The number of benzene rings is 3. The summed E-state index contributed by atoms with van der Waals surface area (Å²) < 4.78 is 13.3. The lowest BCUT2D eigenvalue weighted by Crippen LogP contribution is -2.24. The molecule has 3 aromatic carbocycles. The first-order chi connectivity index (χ1) is 15.3. The van der Waals surface area contributed by atoms with E-state index in [1.165, 1.54) is 12.1 Å². The predicted molar refractivity (Wildman–Crippen MR) is 130 cm³/mol. The van der Waals surface area contributed by atoms with Crippen molar-refractivity contribution in [2.24, 2.45) is 10.7 Å². The molecule has 8 heteroatoms. The zero-order valence-electron chi connectivity index (χ0n) is 17.4. The fourth-order valence-electron chi connectivity index (χ4n) is 3.43. The minimum atomic E-state index is -0.507. The van der Waals surface area contributed by atoms with Crippen molar-refractivity contribution in [1.29, 1.82) is 0 Å². The quantitative estimate of drug-likeness (QED) is 0.323. The van der Waals surface area contributed by atoms with Gasteiger partial charge >= 0.3 is 0 Å². The van der Waals surface area contributed by atoms with Crippen LogP contribution in [0.25, 0.3) is 0 Å². The van der Waals surface area contributed by atoms with Gasteiger partial charge in [0.05, 0.1) is 21.7 Å². The molecule has 0 aliphatic rings. The van der Waals surface area contributed by atoms with E-state index in [2.05, 4.69) is 10.3 Å². The van der Waals surface area contributed by atoms with Crippen LogP contribution in [0.4, 0.5) is 15.8 Å². The SMILES string of the molecule is CN=C(c1ccc(F)cc1)c1cc(NC(=O)C(CCN)c2ccc(Cl)c(Cl)c2)ccc1N. The second-order valence-electron chi connectivity index (χ2n) is 7.17. The zero-order chi connectivity index (χ0) is 23.3. The molecule has 0 aromatic heterocycles. The topological polar surface area (TPSA) is 93.5 Å². The number of hydrogen-bond acceptors (Lipinski definition) is 4. The highest BCUT2D eigenvalue weighted by Crippen LogP contribution is 2.29. The summed E-state index contributed by atoms with van der Waals surface area (Å²) in [6, 6.07) is 16.2.